The average molecular weight is 414 g/mol. The molecule has 30 heavy (non-hydrogen) atoms. The van der Waals surface area contributed by atoms with Gasteiger partial charge in [0.15, 0.2) is 11.3 Å². The molecule has 0 unspecified atom stereocenters. The fourth-order valence-corrected chi connectivity index (χ4v) is 3.99. The first-order valence-electron chi connectivity index (χ1n) is 9.25. The van der Waals surface area contributed by atoms with E-state index in [4.69, 9.17) is 15.7 Å². The number of rotatable bonds is 5. The van der Waals surface area contributed by atoms with Gasteiger partial charge in [-0.3, -0.25) is 9.78 Å². The van der Waals surface area contributed by atoms with Crippen LogP contribution in [0.25, 0.3) is 0 Å². The number of amidine groups is 1. The van der Waals surface area contributed by atoms with Crippen LogP contribution in [0.4, 0.5) is 13.2 Å². The number of nitrogens with two attached hydrogens (primary N) is 1. The van der Waals surface area contributed by atoms with E-state index in [0.717, 1.165) is 6.07 Å². The van der Waals surface area contributed by atoms with Crippen LogP contribution < -0.4 is 5.73 Å². The summed E-state index contributed by atoms with van der Waals surface area (Å²) in [4.78, 5) is 20.5. The molecule has 0 amide bonds. The molecule has 0 saturated heterocycles. The van der Waals surface area contributed by atoms with Gasteiger partial charge in [-0.25, -0.2) is 18.2 Å². The van der Waals surface area contributed by atoms with Crippen molar-refractivity contribution in [3.05, 3.63) is 64.2 Å². The Labute approximate surface area is 170 Å². The number of halogens is 3. The fraction of sp³-hybridized carbons (Fsp3) is 0.333. The highest BCUT2D eigenvalue weighted by Gasteiger charge is 2.64. The quantitative estimate of drug-likeness (QED) is 0.758. The van der Waals surface area contributed by atoms with E-state index in [1.165, 1.54) is 24.4 Å². The molecule has 1 aromatic carbocycles. The summed E-state index contributed by atoms with van der Waals surface area (Å²) in [6.07, 6.45) is -2.11. The molecule has 9 heteroatoms. The van der Waals surface area contributed by atoms with Crippen LogP contribution in [0.3, 0.4) is 0 Å². The molecule has 154 valence electrons. The van der Waals surface area contributed by atoms with Gasteiger partial charge in [-0.2, -0.15) is 5.26 Å². The van der Waals surface area contributed by atoms with Crippen molar-refractivity contribution in [3.63, 3.8) is 0 Å². The number of aryl methyl sites for hydroxylation is 1. The summed E-state index contributed by atoms with van der Waals surface area (Å²) in [6, 6.07) is 6.75. The molecule has 0 bridgehead atoms. The van der Waals surface area contributed by atoms with Crippen LogP contribution in [0.2, 0.25) is 0 Å². The molecule has 0 spiro atoms. The maximum absolute atomic E-state index is 14.7. The zero-order chi connectivity index (χ0) is 21.6. The normalized spacial score (nSPS) is 24.5. The van der Waals surface area contributed by atoms with E-state index in [9.17, 15) is 18.0 Å². The molecule has 1 saturated carbocycles. The number of carbonyl (C=O) groups excluding carboxylic acids is 1. The lowest BCUT2D eigenvalue weighted by atomic mass is 9.83. The predicted molar refractivity (Wildman–Crippen MR) is 100 cm³/mol. The number of aromatic nitrogens is 1. The highest BCUT2D eigenvalue weighted by Crippen LogP contribution is 2.56. The molecule has 1 fully saturated rings. The third kappa shape index (κ3) is 3.18. The Bertz CT molecular complexity index is 1110. The van der Waals surface area contributed by atoms with Crippen LogP contribution in [-0.2, 0) is 16.7 Å². The van der Waals surface area contributed by atoms with E-state index in [-0.39, 0.29) is 23.5 Å². The van der Waals surface area contributed by atoms with Gasteiger partial charge in [-0.1, -0.05) is 6.07 Å². The summed E-state index contributed by atoms with van der Waals surface area (Å²) >= 11 is 0. The second-order valence-corrected chi connectivity index (χ2v) is 7.49. The molecule has 1 aliphatic heterocycles. The minimum Gasteiger partial charge on any atom is -0.462 e. The van der Waals surface area contributed by atoms with Crippen molar-refractivity contribution in [3.8, 4) is 6.07 Å². The van der Waals surface area contributed by atoms with Crippen molar-refractivity contribution in [2.45, 2.75) is 37.8 Å². The second kappa shape index (κ2) is 7.13. The van der Waals surface area contributed by atoms with E-state index in [0.29, 0.717) is 23.1 Å². The van der Waals surface area contributed by atoms with E-state index in [1.54, 1.807) is 6.92 Å². The number of pyridine rings is 1. The Morgan fingerprint density at radius 1 is 1.43 bits per heavy atom. The Hall–Kier alpha value is -3.41. The Balaban J connectivity index is 1.70. The summed E-state index contributed by atoms with van der Waals surface area (Å²) < 4.78 is 48.2. The number of Topliss-reactive ketones (excluding diaryl/α,β-unsaturated/α-hetero) is 1. The van der Waals surface area contributed by atoms with Crippen molar-refractivity contribution in [2.75, 3.05) is 0 Å². The second-order valence-electron chi connectivity index (χ2n) is 7.49. The standard InChI is InChI=1S/C21H17F3N4O2/c1-10-4-12(8-25)9-27-18(10)16(29)6-11-2-3-15(22)13(5-11)21(19(23)24)14-7-17(14)30-20(26)28-21/h2-5,9,14,17,19H,6-7H2,1H3,(H2,26,28)/t14-,17+,21+/m0/s1. The van der Waals surface area contributed by atoms with Crippen LogP contribution in [0.5, 0.6) is 0 Å². The first-order chi connectivity index (χ1) is 14.3. The number of nitrogens with zero attached hydrogens (tertiary/aromatic N) is 3. The summed E-state index contributed by atoms with van der Waals surface area (Å²) in [5.41, 5.74) is 4.49. The number of alkyl halides is 2. The van der Waals surface area contributed by atoms with Gasteiger partial charge in [0.25, 0.3) is 12.4 Å². The summed E-state index contributed by atoms with van der Waals surface area (Å²) in [7, 11) is 0. The van der Waals surface area contributed by atoms with Gasteiger partial charge in [0.1, 0.15) is 23.7 Å². The van der Waals surface area contributed by atoms with Crippen LogP contribution in [0.15, 0.2) is 35.5 Å². The molecule has 0 radical (unpaired) electrons. The lowest BCUT2D eigenvalue weighted by Gasteiger charge is -2.33. The van der Waals surface area contributed by atoms with E-state index >= 15 is 0 Å². The third-order valence-corrected chi connectivity index (χ3v) is 5.50. The van der Waals surface area contributed by atoms with Gasteiger partial charge in [0, 0.05) is 24.1 Å². The lowest BCUT2D eigenvalue weighted by Crippen LogP contribution is -2.43. The number of ether oxygens (including phenoxy) is 1. The minimum absolute atomic E-state index is 0.166. The van der Waals surface area contributed by atoms with Gasteiger partial charge in [-0.05, 0) is 42.7 Å². The van der Waals surface area contributed by atoms with Crippen LogP contribution in [-0.4, -0.2) is 29.3 Å². The summed E-state index contributed by atoms with van der Waals surface area (Å²) in [5, 5.41) is 8.92. The molecule has 2 aliphatic rings. The number of ketones is 1. The third-order valence-electron chi connectivity index (χ3n) is 5.50. The van der Waals surface area contributed by atoms with E-state index < -0.39 is 35.8 Å². The van der Waals surface area contributed by atoms with Crippen molar-refractivity contribution in [1.29, 1.82) is 5.26 Å². The molecule has 1 aromatic heterocycles. The maximum Gasteiger partial charge on any atom is 0.283 e. The molecule has 1 aliphatic carbocycles. The lowest BCUT2D eigenvalue weighted by molar-refractivity contribution is 0.0176. The Kier molecular flexibility index (Phi) is 4.73. The molecule has 4 rings (SSSR count). The van der Waals surface area contributed by atoms with E-state index in [1.807, 2.05) is 6.07 Å². The highest BCUT2D eigenvalue weighted by molar-refractivity contribution is 5.97. The Morgan fingerprint density at radius 2 is 2.20 bits per heavy atom. The molecule has 6 nitrogen and oxygen atoms in total. The van der Waals surface area contributed by atoms with Crippen molar-refractivity contribution in [2.24, 2.45) is 16.6 Å². The monoisotopic (exact) mass is 414 g/mol. The fourth-order valence-electron chi connectivity index (χ4n) is 3.99. The van der Waals surface area contributed by atoms with Gasteiger partial charge < -0.3 is 10.5 Å². The van der Waals surface area contributed by atoms with E-state index in [2.05, 4.69) is 9.98 Å². The first kappa shape index (κ1) is 19.9. The molecule has 3 atom stereocenters. The molecular weight excluding hydrogens is 397 g/mol. The zero-order valence-electron chi connectivity index (χ0n) is 15.9. The van der Waals surface area contributed by atoms with Gasteiger partial charge in [0.2, 0.25) is 0 Å². The van der Waals surface area contributed by atoms with Crippen molar-refractivity contribution >= 4 is 11.8 Å². The van der Waals surface area contributed by atoms with Gasteiger partial charge in [0.05, 0.1) is 5.56 Å². The minimum atomic E-state index is -3.00. The maximum atomic E-state index is 14.7. The molecule has 2 aromatic rings. The highest BCUT2D eigenvalue weighted by atomic mass is 19.3. The largest absolute Gasteiger partial charge is 0.462 e. The smallest absolute Gasteiger partial charge is 0.283 e. The molecule has 2 N–H and O–H groups in total. The molecular formula is C21H17F3N4O2. The van der Waals surface area contributed by atoms with Crippen LogP contribution in [0, 0.1) is 30.0 Å². The number of hydrogen-bond acceptors (Lipinski definition) is 6. The number of nitriles is 1. The number of hydrogen-bond donors (Lipinski definition) is 1. The van der Waals surface area contributed by atoms with Gasteiger partial charge in [-0.15, -0.1) is 0 Å². The van der Waals surface area contributed by atoms with Crippen molar-refractivity contribution in [1.82, 2.24) is 4.98 Å². The summed E-state index contributed by atoms with van der Waals surface area (Å²) in [5.74, 6) is -1.91. The van der Waals surface area contributed by atoms with Crippen molar-refractivity contribution < 1.29 is 22.7 Å². The Morgan fingerprint density at radius 3 is 2.87 bits per heavy atom. The number of aliphatic imine (C=N–C) groups is 1. The van der Waals surface area contributed by atoms with Gasteiger partial charge >= 0.3 is 0 Å². The average Bonchev–Trinajstić information content (AvgIpc) is 3.48. The first-order valence-corrected chi connectivity index (χ1v) is 9.25. The number of carbonyl (C=O) groups is 1. The SMILES string of the molecule is Cc1cc(C#N)cnc1C(=O)Cc1ccc(F)c([C@@]2(C(F)F)N=C(N)O[C@@H]3C[C@@H]32)c1. The molecule has 2 heterocycles. The van der Waals surface area contributed by atoms with Crippen LogP contribution >= 0.6 is 0 Å². The number of fused-ring (bicyclic) bond motifs is 1. The zero-order valence-corrected chi connectivity index (χ0v) is 15.9. The topological polar surface area (TPSA) is 101 Å². The van der Waals surface area contributed by atoms with Crippen LogP contribution in [0.1, 0.15) is 39.2 Å². The predicted octanol–water partition coefficient (Wildman–Crippen LogP) is 3.02. The number of benzene rings is 1. The summed E-state index contributed by atoms with van der Waals surface area (Å²) in [6.45, 7) is 1.65.